The van der Waals surface area contributed by atoms with Crippen molar-refractivity contribution in [3.05, 3.63) is 78.4 Å². The molecule has 126 valence electrons. The number of nitrogens with zero attached hydrogens (tertiary/aromatic N) is 1. The summed E-state index contributed by atoms with van der Waals surface area (Å²) < 4.78 is 0. The van der Waals surface area contributed by atoms with Crippen LogP contribution in [0.1, 0.15) is 18.4 Å². The second-order valence-electron chi connectivity index (χ2n) is 6.07. The number of rotatable bonds is 6. The molecule has 0 N–H and O–H groups in total. The third-order valence-corrected chi connectivity index (χ3v) is 4.20. The average molecular weight is 333 g/mol. The van der Waals surface area contributed by atoms with E-state index >= 15 is 0 Å². The Labute approximate surface area is 146 Å². The van der Waals surface area contributed by atoms with Gasteiger partial charge in [0.25, 0.3) is 0 Å². The molecule has 1 atom stereocenters. The van der Waals surface area contributed by atoms with Crippen LogP contribution in [0.25, 0.3) is 0 Å². The molecule has 1 fully saturated rings. The predicted octanol–water partition coefficient (Wildman–Crippen LogP) is 3.32. The lowest BCUT2D eigenvalue weighted by atomic mass is 10.0. The Hall–Kier alpha value is -3.01. The Kier molecular flexibility index (Phi) is 5.19. The molecule has 0 radical (unpaired) electrons. The maximum absolute atomic E-state index is 12.5. The van der Waals surface area contributed by atoms with Crippen molar-refractivity contribution in [2.75, 3.05) is 4.90 Å². The fraction of sp³-hybridized carbons (Fsp3) is 0.190. The first kappa shape index (κ1) is 16.8. The van der Waals surface area contributed by atoms with Crippen LogP contribution < -0.4 is 4.90 Å². The zero-order valence-electron chi connectivity index (χ0n) is 13.8. The molecular weight excluding hydrogens is 314 g/mol. The number of allylic oxidation sites excluding steroid dienone is 2. The quantitative estimate of drug-likeness (QED) is 0.602. The number of hydrogen-bond donors (Lipinski definition) is 0. The van der Waals surface area contributed by atoms with Crippen LogP contribution in [0.5, 0.6) is 0 Å². The summed E-state index contributed by atoms with van der Waals surface area (Å²) in [7, 11) is 0. The summed E-state index contributed by atoms with van der Waals surface area (Å²) in [6.07, 6.45) is 4.13. The van der Waals surface area contributed by atoms with E-state index in [1.54, 1.807) is 30.3 Å². The number of anilines is 1. The molecule has 2 amide bonds. The van der Waals surface area contributed by atoms with Gasteiger partial charge in [0.2, 0.25) is 11.8 Å². The smallest absolute Gasteiger partial charge is 0.237 e. The van der Waals surface area contributed by atoms with E-state index in [2.05, 4.69) is 0 Å². The van der Waals surface area contributed by atoms with Crippen LogP contribution in [0.3, 0.4) is 0 Å². The predicted molar refractivity (Wildman–Crippen MR) is 96.0 cm³/mol. The van der Waals surface area contributed by atoms with Crippen LogP contribution in [-0.2, 0) is 20.8 Å². The molecule has 1 heterocycles. The van der Waals surface area contributed by atoms with Gasteiger partial charge in [-0.05, 0) is 30.2 Å². The molecule has 2 aromatic rings. The average Bonchev–Trinajstić information content (AvgIpc) is 2.90. The number of para-hydroxylation sites is 1. The van der Waals surface area contributed by atoms with Crippen LogP contribution >= 0.6 is 0 Å². The summed E-state index contributed by atoms with van der Waals surface area (Å²) >= 11 is 0. The fourth-order valence-corrected chi connectivity index (χ4v) is 2.95. The van der Waals surface area contributed by atoms with E-state index in [-0.39, 0.29) is 24.0 Å². The zero-order chi connectivity index (χ0) is 17.6. The maximum Gasteiger partial charge on any atom is 0.237 e. The van der Waals surface area contributed by atoms with Crippen LogP contribution in [0.4, 0.5) is 5.69 Å². The minimum Gasteiger partial charge on any atom is -0.294 e. The van der Waals surface area contributed by atoms with Gasteiger partial charge >= 0.3 is 0 Å². The third kappa shape index (κ3) is 4.10. The second kappa shape index (κ2) is 7.71. The van der Waals surface area contributed by atoms with Gasteiger partial charge < -0.3 is 0 Å². The summed E-state index contributed by atoms with van der Waals surface area (Å²) in [6, 6.07) is 18.4. The van der Waals surface area contributed by atoms with Crippen molar-refractivity contribution in [3.63, 3.8) is 0 Å². The number of carbonyl (C=O) groups is 3. The zero-order valence-corrected chi connectivity index (χ0v) is 13.8. The van der Waals surface area contributed by atoms with Gasteiger partial charge in [-0.2, -0.15) is 0 Å². The topological polar surface area (TPSA) is 54.5 Å². The second-order valence-corrected chi connectivity index (χ2v) is 6.07. The van der Waals surface area contributed by atoms with Gasteiger partial charge in [-0.25, -0.2) is 0 Å². The minimum atomic E-state index is -0.395. The van der Waals surface area contributed by atoms with Gasteiger partial charge in [-0.1, -0.05) is 54.6 Å². The van der Waals surface area contributed by atoms with Crippen LogP contribution in [0.2, 0.25) is 0 Å². The van der Waals surface area contributed by atoms with Crippen LogP contribution in [-0.4, -0.2) is 17.6 Å². The van der Waals surface area contributed by atoms with E-state index in [0.29, 0.717) is 18.5 Å². The number of imide groups is 1. The number of amides is 2. The molecule has 1 saturated heterocycles. The van der Waals surface area contributed by atoms with Crippen molar-refractivity contribution in [2.24, 2.45) is 5.92 Å². The lowest BCUT2D eigenvalue weighted by Gasteiger charge is -2.14. The number of carbonyl (C=O) groups excluding carboxylic acids is 3. The highest BCUT2D eigenvalue weighted by Gasteiger charge is 2.38. The molecule has 1 aliphatic rings. The molecule has 25 heavy (non-hydrogen) atoms. The normalized spacial score (nSPS) is 17.4. The van der Waals surface area contributed by atoms with Crippen molar-refractivity contribution in [3.8, 4) is 0 Å². The molecule has 2 aromatic carbocycles. The molecule has 1 aliphatic heterocycles. The molecule has 0 unspecified atom stereocenters. The largest absolute Gasteiger partial charge is 0.294 e. The van der Waals surface area contributed by atoms with Crippen LogP contribution in [0, 0.1) is 5.92 Å². The van der Waals surface area contributed by atoms with Gasteiger partial charge in [0.1, 0.15) is 0 Å². The molecule has 0 saturated carbocycles. The molecule has 0 aromatic heterocycles. The number of hydrogen-bond acceptors (Lipinski definition) is 3. The summed E-state index contributed by atoms with van der Waals surface area (Å²) in [4.78, 5) is 37.8. The number of ketones is 1. The fourth-order valence-electron chi connectivity index (χ4n) is 2.95. The van der Waals surface area contributed by atoms with Crippen molar-refractivity contribution in [2.45, 2.75) is 19.3 Å². The van der Waals surface area contributed by atoms with Gasteiger partial charge in [0.15, 0.2) is 5.78 Å². The first-order valence-electron chi connectivity index (χ1n) is 8.30. The summed E-state index contributed by atoms with van der Waals surface area (Å²) in [5.41, 5.74) is 1.56. The van der Waals surface area contributed by atoms with Crippen molar-refractivity contribution >= 4 is 23.3 Å². The Morgan fingerprint density at radius 3 is 2.32 bits per heavy atom. The standard InChI is InChI=1S/C21H19NO3/c23-19(14-16-8-3-1-4-9-16)13-7-10-17-15-20(24)22(21(17)25)18-11-5-2-6-12-18/h1-9,11-13,17H,10,14-15H2/b13-7+/t17-/m1/s1. The summed E-state index contributed by atoms with van der Waals surface area (Å²) in [5, 5.41) is 0. The molecule has 4 heteroatoms. The van der Waals surface area contributed by atoms with Crippen LogP contribution in [0.15, 0.2) is 72.8 Å². The van der Waals surface area contributed by atoms with E-state index in [0.717, 1.165) is 5.56 Å². The Bertz CT molecular complexity index is 796. The van der Waals surface area contributed by atoms with Gasteiger partial charge in [0.05, 0.1) is 11.6 Å². The SMILES string of the molecule is O=C(/C=C/C[C@@H]1CC(=O)N(c2ccccc2)C1=O)Cc1ccccc1. The molecule has 4 nitrogen and oxygen atoms in total. The molecular formula is C21H19NO3. The van der Waals surface area contributed by atoms with E-state index in [1.807, 2.05) is 36.4 Å². The molecule has 0 aliphatic carbocycles. The van der Waals surface area contributed by atoms with Gasteiger partial charge in [-0.3, -0.25) is 19.3 Å². The minimum absolute atomic E-state index is 0.0112. The van der Waals surface area contributed by atoms with Gasteiger partial charge in [0, 0.05) is 12.8 Å². The van der Waals surface area contributed by atoms with E-state index in [4.69, 9.17) is 0 Å². The first-order chi connectivity index (χ1) is 12.1. The Balaban J connectivity index is 1.58. The lowest BCUT2D eigenvalue weighted by Crippen LogP contribution is -2.30. The monoisotopic (exact) mass is 333 g/mol. The lowest BCUT2D eigenvalue weighted by molar-refractivity contribution is -0.122. The Morgan fingerprint density at radius 2 is 1.64 bits per heavy atom. The van der Waals surface area contributed by atoms with Gasteiger partial charge in [-0.15, -0.1) is 0 Å². The highest BCUT2D eigenvalue weighted by molar-refractivity contribution is 6.20. The highest BCUT2D eigenvalue weighted by atomic mass is 16.2. The highest BCUT2D eigenvalue weighted by Crippen LogP contribution is 2.28. The Morgan fingerprint density at radius 1 is 1.00 bits per heavy atom. The van der Waals surface area contributed by atoms with E-state index < -0.39 is 5.92 Å². The molecule has 3 rings (SSSR count). The summed E-state index contributed by atoms with van der Waals surface area (Å²) in [6.45, 7) is 0. The number of benzene rings is 2. The molecule has 0 bridgehead atoms. The maximum atomic E-state index is 12.5. The van der Waals surface area contributed by atoms with Crippen molar-refractivity contribution < 1.29 is 14.4 Å². The van der Waals surface area contributed by atoms with Crippen molar-refractivity contribution in [1.29, 1.82) is 0 Å². The van der Waals surface area contributed by atoms with E-state index in [9.17, 15) is 14.4 Å². The van der Waals surface area contributed by atoms with E-state index in [1.165, 1.54) is 11.0 Å². The summed E-state index contributed by atoms with van der Waals surface area (Å²) in [5.74, 6) is -0.794. The molecule has 0 spiro atoms. The first-order valence-corrected chi connectivity index (χ1v) is 8.30. The van der Waals surface area contributed by atoms with Crippen molar-refractivity contribution in [1.82, 2.24) is 0 Å². The third-order valence-electron chi connectivity index (χ3n) is 4.20.